The molecule has 0 amide bonds. The van der Waals surface area contributed by atoms with Crippen LogP contribution < -0.4 is 5.32 Å². The highest BCUT2D eigenvalue weighted by atomic mass is 16.3. The van der Waals surface area contributed by atoms with Gasteiger partial charge in [-0.2, -0.15) is 0 Å². The van der Waals surface area contributed by atoms with Crippen LogP contribution in [0, 0.1) is 40.9 Å². The summed E-state index contributed by atoms with van der Waals surface area (Å²) in [6.45, 7) is 5.05. The lowest BCUT2D eigenvalue weighted by Gasteiger charge is -2.58. The molecule has 4 aliphatic carbocycles. The molecule has 24 heavy (non-hydrogen) atoms. The van der Waals surface area contributed by atoms with E-state index in [0.29, 0.717) is 16.9 Å². The quantitative estimate of drug-likeness (QED) is 0.405. The van der Waals surface area contributed by atoms with Crippen molar-refractivity contribution in [2.24, 2.45) is 28.6 Å². The molecule has 130 valence electrons. The van der Waals surface area contributed by atoms with E-state index in [1.165, 1.54) is 38.5 Å². The number of hydrogen-bond donors (Lipinski definition) is 2. The number of hydrogen-bond acceptors (Lipinski definition) is 2. The smallest absolute Gasteiger partial charge is 0.0882 e. The summed E-state index contributed by atoms with van der Waals surface area (Å²) >= 11 is 0. The molecule has 5 aliphatic rings. The molecule has 1 saturated heterocycles. The van der Waals surface area contributed by atoms with E-state index in [1.54, 1.807) is 5.57 Å². The van der Waals surface area contributed by atoms with E-state index in [1.807, 2.05) is 0 Å². The second-order valence-electron chi connectivity index (χ2n) is 9.87. The lowest BCUT2D eigenvalue weighted by Crippen LogP contribution is -2.52. The molecule has 0 radical (unpaired) electrons. The van der Waals surface area contributed by atoms with E-state index < -0.39 is 0 Å². The molecule has 0 aromatic carbocycles. The predicted octanol–water partition coefficient (Wildman–Crippen LogP) is 3.65. The number of terminal acetylenes is 1. The van der Waals surface area contributed by atoms with Crippen molar-refractivity contribution in [1.29, 1.82) is 0 Å². The van der Waals surface area contributed by atoms with E-state index in [9.17, 15) is 5.11 Å². The van der Waals surface area contributed by atoms with Crippen LogP contribution in [0.2, 0.25) is 0 Å². The largest absolute Gasteiger partial charge is 0.393 e. The van der Waals surface area contributed by atoms with Gasteiger partial charge in [0, 0.05) is 0 Å². The van der Waals surface area contributed by atoms with Crippen molar-refractivity contribution in [3.63, 3.8) is 0 Å². The van der Waals surface area contributed by atoms with Gasteiger partial charge in [0.15, 0.2) is 0 Å². The molecule has 0 aromatic heterocycles. The number of nitrogens with one attached hydrogen (secondary N) is 1. The minimum absolute atomic E-state index is 0.100. The van der Waals surface area contributed by atoms with E-state index in [0.717, 1.165) is 30.6 Å². The number of fused-ring (bicyclic) bond motifs is 6. The van der Waals surface area contributed by atoms with Gasteiger partial charge in [0.2, 0.25) is 0 Å². The van der Waals surface area contributed by atoms with E-state index in [-0.39, 0.29) is 11.6 Å². The summed E-state index contributed by atoms with van der Waals surface area (Å²) < 4.78 is 0. The molecule has 0 aromatic rings. The molecule has 8 unspecified atom stereocenters. The first-order valence-electron chi connectivity index (χ1n) is 10.1. The molecule has 3 saturated carbocycles. The molecule has 5 rings (SSSR count). The van der Waals surface area contributed by atoms with Gasteiger partial charge in [-0.25, -0.2) is 0 Å². The maximum atomic E-state index is 10.1. The maximum absolute atomic E-state index is 10.1. The van der Waals surface area contributed by atoms with Crippen LogP contribution >= 0.6 is 0 Å². The van der Waals surface area contributed by atoms with Crippen molar-refractivity contribution in [3.8, 4) is 12.3 Å². The fourth-order valence-corrected chi connectivity index (χ4v) is 7.83. The van der Waals surface area contributed by atoms with Crippen LogP contribution in [-0.2, 0) is 0 Å². The van der Waals surface area contributed by atoms with Gasteiger partial charge < -0.3 is 5.11 Å². The predicted molar refractivity (Wildman–Crippen MR) is 96.2 cm³/mol. The van der Waals surface area contributed by atoms with Crippen LogP contribution in [0.5, 0.6) is 0 Å². The number of allylic oxidation sites excluding steroid dienone is 1. The van der Waals surface area contributed by atoms with Crippen LogP contribution in [0.4, 0.5) is 0 Å². The first-order chi connectivity index (χ1) is 11.4. The highest BCUT2D eigenvalue weighted by Gasteiger charge is 2.72. The molecule has 2 N–H and O–H groups in total. The highest BCUT2D eigenvalue weighted by molar-refractivity contribution is 5.36. The summed E-state index contributed by atoms with van der Waals surface area (Å²) in [7, 11) is 0. The summed E-state index contributed by atoms with van der Waals surface area (Å²) in [5, 5.41) is 13.8. The Labute approximate surface area is 146 Å². The fraction of sp³-hybridized carbons (Fsp3) is 0.818. The maximum Gasteiger partial charge on any atom is 0.0882 e. The normalized spacial score (nSPS) is 58.2. The van der Waals surface area contributed by atoms with Crippen LogP contribution in [-0.4, -0.2) is 22.8 Å². The molecular formula is C22H31NO. The van der Waals surface area contributed by atoms with Crippen LogP contribution in [0.3, 0.4) is 0 Å². The Morgan fingerprint density at radius 2 is 1.96 bits per heavy atom. The summed E-state index contributed by atoms with van der Waals surface area (Å²) in [5.41, 5.74) is 2.57. The fourth-order valence-electron chi connectivity index (χ4n) is 7.83. The van der Waals surface area contributed by atoms with Crippen LogP contribution in [0.25, 0.3) is 0 Å². The topological polar surface area (TPSA) is 42.2 Å². The zero-order valence-corrected chi connectivity index (χ0v) is 15.1. The Hall–Kier alpha value is -0.780. The molecule has 0 bridgehead atoms. The van der Waals surface area contributed by atoms with Crippen molar-refractivity contribution in [3.05, 3.63) is 11.6 Å². The van der Waals surface area contributed by atoms with E-state index >= 15 is 0 Å². The molecule has 2 nitrogen and oxygen atoms in total. The minimum Gasteiger partial charge on any atom is -0.393 e. The SMILES string of the molecule is C#CC1NC12CCC1C3CC=C4CC(O)CCC4(C)C3CCC12C. The van der Waals surface area contributed by atoms with Gasteiger partial charge in [0.1, 0.15) is 0 Å². The average molecular weight is 325 g/mol. The average Bonchev–Trinajstić information content (AvgIpc) is 3.21. The first kappa shape index (κ1) is 15.5. The Morgan fingerprint density at radius 1 is 1.17 bits per heavy atom. The van der Waals surface area contributed by atoms with Crippen LogP contribution in [0.15, 0.2) is 11.6 Å². The van der Waals surface area contributed by atoms with Gasteiger partial charge in [0.05, 0.1) is 17.7 Å². The Morgan fingerprint density at radius 3 is 2.71 bits per heavy atom. The second-order valence-corrected chi connectivity index (χ2v) is 9.87. The lowest BCUT2D eigenvalue weighted by atomic mass is 9.47. The van der Waals surface area contributed by atoms with Gasteiger partial charge in [-0.05, 0) is 80.0 Å². The third kappa shape index (κ3) is 1.66. The molecule has 2 heteroatoms. The zero-order chi connectivity index (χ0) is 16.7. The lowest BCUT2D eigenvalue weighted by molar-refractivity contribution is -0.0443. The first-order valence-corrected chi connectivity index (χ1v) is 10.1. The van der Waals surface area contributed by atoms with E-state index in [2.05, 4.69) is 31.2 Å². The number of aliphatic hydroxyl groups is 1. The van der Waals surface area contributed by atoms with Crippen molar-refractivity contribution in [1.82, 2.24) is 5.32 Å². The van der Waals surface area contributed by atoms with Gasteiger partial charge in [-0.15, -0.1) is 6.42 Å². The van der Waals surface area contributed by atoms with Gasteiger partial charge in [0.25, 0.3) is 0 Å². The minimum atomic E-state index is -0.100. The molecule has 1 aliphatic heterocycles. The summed E-state index contributed by atoms with van der Waals surface area (Å²) in [4.78, 5) is 0. The highest BCUT2D eigenvalue weighted by Crippen LogP contribution is 2.70. The summed E-state index contributed by atoms with van der Waals surface area (Å²) in [5.74, 6) is 5.48. The zero-order valence-electron chi connectivity index (χ0n) is 15.1. The molecule has 8 atom stereocenters. The third-order valence-corrected chi connectivity index (χ3v) is 9.31. The summed E-state index contributed by atoms with van der Waals surface area (Å²) in [6.07, 6.45) is 17.8. The van der Waals surface area contributed by atoms with E-state index in [4.69, 9.17) is 6.42 Å². The number of rotatable bonds is 0. The van der Waals surface area contributed by atoms with Crippen molar-refractivity contribution in [2.45, 2.75) is 82.9 Å². The van der Waals surface area contributed by atoms with Crippen LogP contribution in [0.1, 0.15) is 65.2 Å². The standard InChI is InChI=1S/C22H31NO/c1-4-19-22(23-19)12-9-18-16-6-5-14-13-15(24)7-10-20(14,2)17(16)8-11-21(18,22)3/h1,5,15-19,23-24H,6-13H2,2-3H3. The van der Waals surface area contributed by atoms with Gasteiger partial charge in [-0.3, -0.25) is 5.32 Å². The van der Waals surface area contributed by atoms with Crippen molar-refractivity contribution >= 4 is 0 Å². The number of aliphatic hydroxyl groups excluding tert-OH is 1. The van der Waals surface area contributed by atoms with Crippen molar-refractivity contribution < 1.29 is 5.11 Å². The monoisotopic (exact) mass is 325 g/mol. The summed E-state index contributed by atoms with van der Waals surface area (Å²) in [6, 6.07) is 0.319. The Balaban J connectivity index is 1.49. The molecular weight excluding hydrogens is 294 g/mol. The Bertz CT molecular complexity index is 647. The van der Waals surface area contributed by atoms with Gasteiger partial charge in [-0.1, -0.05) is 31.4 Å². The van der Waals surface area contributed by atoms with Crippen molar-refractivity contribution in [2.75, 3.05) is 0 Å². The van der Waals surface area contributed by atoms with Gasteiger partial charge >= 0.3 is 0 Å². The molecule has 4 fully saturated rings. The second kappa shape index (κ2) is 4.68. The Kier molecular flexibility index (Phi) is 3.02. The molecule has 1 heterocycles. The third-order valence-electron chi connectivity index (χ3n) is 9.31. The molecule has 1 spiro atoms.